The first-order chi connectivity index (χ1) is 12.2. The highest BCUT2D eigenvalue weighted by Crippen LogP contribution is 2.29. The van der Waals surface area contributed by atoms with Gasteiger partial charge in [-0.25, -0.2) is 9.59 Å². The Morgan fingerprint density at radius 2 is 1.37 bits per heavy atom. The van der Waals surface area contributed by atoms with E-state index >= 15 is 0 Å². The number of rotatable bonds is 5. The van der Waals surface area contributed by atoms with E-state index in [-0.39, 0.29) is 5.56 Å². The van der Waals surface area contributed by atoms with Crippen LogP contribution >= 0.6 is 0 Å². The molecule has 0 amide bonds. The third-order valence-electron chi connectivity index (χ3n) is 3.35. The molecule has 0 heterocycles. The van der Waals surface area contributed by atoms with Crippen LogP contribution in [0.4, 0.5) is 0 Å². The average molecular weight is 378 g/mol. The lowest BCUT2D eigenvalue weighted by Gasteiger charge is -2.35. The van der Waals surface area contributed by atoms with Gasteiger partial charge in [0.2, 0.25) is 0 Å². The number of guanidine groups is 1. The number of nitrogens with two attached hydrogens (primary N) is 2. The molecule has 0 atom stereocenters. The molecule has 0 saturated heterocycles. The number of carbonyl (C=O) groups is 2. The van der Waals surface area contributed by atoms with Crippen LogP contribution in [0.1, 0.15) is 52.7 Å². The molecule has 0 aromatic heterocycles. The molecule has 0 aliphatic heterocycles. The molecule has 0 saturated carbocycles. The van der Waals surface area contributed by atoms with Crippen molar-refractivity contribution in [3.05, 3.63) is 35.4 Å². The van der Waals surface area contributed by atoms with Crippen molar-refractivity contribution in [3.8, 4) is 0 Å². The van der Waals surface area contributed by atoms with Gasteiger partial charge < -0.3 is 26.3 Å². The van der Waals surface area contributed by atoms with Crippen molar-refractivity contribution in [2.45, 2.75) is 64.8 Å². The maximum absolute atomic E-state index is 13.1. The minimum atomic E-state index is -2.13. The van der Waals surface area contributed by atoms with Crippen LogP contribution in [-0.4, -0.2) is 29.1 Å². The van der Waals surface area contributed by atoms with Gasteiger partial charge in [-0.2, -0.15) is 0 Å². The quantitative estimate of drug-likeness (QED) is 0.263. The van der Waals surface area contributed by atoms with Crippen molar-refractivity contribution in [2.75, 3.05) is 0 Å². The predicted octanol–water partition coefficient (Wildman–Crippen LogP) is 1.51. The summed E-state index contributed by atoms with van der Waals surface area (Å²) >= 11 is 0. The molecule has 0 aliphatic carbocycles. The first-order valence-corrected chi connectivity index (χ1v) is 8.60. The molecular formula is C19H30N4O4. The Balaban J connectivity index is 3.62. The number of carbonyl (C=O) groups excluding carboxylic acids is 2. The summed E-state index contributed by atoms with van der Waals surface area (Å²) in [5.74, 6) is -2.41. The summed E-state index contributed by atoms with van der Waals surface area (Å²) in [6, 6.07) is 6.49. The van der Waals surface area contributed by atoms with Gasteiger partial charge in [0.1, 0.15) is 11.2 Å². The van der Waals surface area contributed by atoms with Gasteiger partial charge in [-0.15, -0.1) is 0 Å². The zero-order chi connectivity index (χ0) is 21.0. The minimum Gasteiger partial charge on any atom is -0.458 e. The van der Waals surface area contributed by atoms with Crippen LogP contribution in [0.25, 0.3) is 0 Å². The Bertz CT molecular complexity index is 672. The van der Waals surface area contributed by atoms with E-state index in [2.05, 4.69) is 5.32 Å². The Morgan fingerprint density at radius 3 is 1.67 bits per heavy atom. The van der Waals surface area contributed by atoms with Crippen molar-refractivity contribution in [1.29, 1.82) is 5.41 Å². The number of benzene rings is 1. The van der Waals surface area contributed by atoms with Crippen LogP contribution < -0.4 is 16.8 Å². The summed E-state index contributed by atoms with van der Waals surface area (Å²) in [4.78, 5) is 26.3. The molecule has 0 unspecified atom stereocenters. The first-order valence-electron chi connectivity index (χ1n) is 8.60. The van der Waals surface area contributed by atoms with Crippen LogP contribution in [0.2, 0.25) is 0 Å². The number of hydrogen-bond acceptors (Lipinski definition) is 6. The lowest BCUT2D eigenvalue weighted by Crippen LogP contribution is -2.61. The van der Waals surface area contributed by atoms with Gasteiger partial charge in [0.05, 0.1) is 0 Å². The Kier molecular flexibility index (Phi) is 6.61. The molecule has 0 fully saturated rings. The third kappa shape index (κ3) is 5.96. The molecule has 0 aliphatic rings. The van der Waals surface area contributed by atoms with Gasteiger partial charge in [-0.3, -0.25) is 5.41 Å². The normalized spacial score (nSPS) is 12.3. The zero-order valence-corrected chi connectivity index (χ0v) is 16.8. The summed E-state index contributed by atoms with van der Waals surface area (Å²) in [6.07, 6.45) is 0. The van der Waals surface area contributed by atoms with Gasteiger partial charge in [-0.1, -0.05) is 24.3 Å². The summed E-state index contributed by atoms with van der Waals surface area (Å²) < 4.78 is 10.9. The summed E-state index contributed by atoms with van der Waals surface area (Å²) in [5.41, 5.74) is 8.30. The Morgan fingerprint density at radius 1 is 0.963 bits per heavy atom. The van der Waals surface area contributed by atoms with Crippen LogP contribution in [0.5, 0.6) is 0 Å². The van der Waals surface area contributed by atoms with Crippen LogP contribution in [-0.2, 0) is 31.1 Å². The minimum absolute atomic E-state index is 0.235. The van der Waals surface area contributed by atoms with Crippen LogP contribution in [0, 0.1) is 5.41 Å². The smallest absolute Gasteiger partial charge is 0.349 e. The monoisotopic (exact) mass is 378 g/mol. The van der Waals surface area contributed by atoms with Crippen LogP contribution in [0.3, 0.4) is 0 Å². The van der Waals surface area contributed by atoms with Crippen molar-refractivity contribution >= 4 is 17.9 Å². The van der Waals surface area contributed by atoms with Gasteiger partial charge in [0.15, 0.2) is 5.96 Å². The topological polar surface area (TPSA) is 141 Å². The summed E-state index contributed by atoms with van der Waals surface area (Å²) in [5, 5.41) is 10.1. The molecule has 8 nitrogen and oxygen atoms in total. The highest BCUT2D eigenvalue weighted by Gasteiger charge is 2.53. The van der Waals surface area contributed by atoms with E-state index in [4.69, 9.17) is 26.4 Å². The Hall–Kier alpha value is -2.61. The van der Waals surface area contributed by atoms with Gasteiger partial charge in [0.25, 0.3) is 5.54 Å². The molecule has 150 valence electrons. The van der Waals surface area contributed by atoms with Crippen molar-refractivity contribution in [3.63, 3.8) is 0 Å². The largest absolute Gasteiger partial charge is 0.458 e. The van der Waals surface area contributed by atoms with Crippen molar-refractivity contribution < 1.29 is 19.1 Å². The molecule has 0 spiro atoms. The standard InChI is InChI=1S/C19H30N4O4/c1-17(2,3)26-14(24)19(23-16(21)22,15(25)27-18(4,5)6)13-9-7-12(11-20)8-10-13/h7-10H,11,20H2,1-6H3,(H4,21,22,23). The summed E-state index contributed by atoms with van der Waals surface area (Å²) in [6.45, 7) is 10.4. The second-order valence-corrected chi connectivity index (χ2v) is 8.19. The second-order valence-electron chi connectivity index (χ2n) is 8.19. The summed E-state index contributed by atoms with van der Waals surface area (Å²) in [7, 11) is 0. The molecule has 27 heavy (non-hydrogen) atoms. The predicted molar refractivity (Wildman–Crippen MR) is 103 cm³/mol. The van der Waals surface area contributed by atoms with E-state index in [1.807, 2.05) is 0 Å². The highest BCUT2D eigenvalue weighted by molar-refractivity contribution is 6.08. The van der Waals surface area contributed by atoms with E-state index < -0.39 is 34.6 Å². The molecule has 0 radical (unpaired) electrons. The van der Waals surface area contributed by atoms with E-state index in [0.29, 0.717) is 6.54 Å². The van der Waals surface area contributed by atoms with Gasteiger partial charge in [-0.05, 0) is 47.1 Å². The SMILES string of the molecule is CC(C)(C)OC(=O)C(NC(=N)N)(C(=O)OC(C)(C)C)c1ccc(CN)cc1. The molecule has 6 N–H and O–H groups in total. The van der Waals surface area contributed by atoms with E-state index in [0.717, 1.165) is 5.56 Å². The third-order valence-corrected chi connectivity index (χ3v) is 3.35. The highest BCUT2D eigenvalue weighted by atomic mass is 16.6. The van der Waals surface area contributed by atoms with E-state index in [1.165, 1.54) is 0 Å². The fourth-order valence-electron chi connectivity index (χ4n) is 2.30. The molecule has 1 aromatic carbocycles. The molecule has 1 aromatic rings. The maximum atomic E-state index is 13.1. The first kappa shape index (κ1) is 22.4. The Labute approximate surface area is 160 Å². The number of ether oxygens (including phenoxy) is 2. The van der Waals surface area contributed by atoms with Crippen LogP contribution in [0.15, 0.2) is 24.3 Å². The molecule has 1 rings (SSSR count). The second kappa shape index (κ2) is 7.96. The number of esters is 2. The molecule has 8 heteroatoms. The zero-order valence-electron chi connectivity index (χ0n) is 16.8. The lowest BCUT2D eigenvalue weighted by molar-refractivity contribution is -0.179. The van der Waals surface area contributed by atoms with Gasteiger partial charge >= 0.3 is 11.9 Å². The number of nitrogens with one attached hydrogen (secondary N) is 2. The van der Waals surface area contributed by atoms with Gasteiger partial charge in [0, 0.05) is 12.1 Å². The number of hydrogen-bond donors (Lipinski definition) is 4. The van der Waals surface area contributed by atoms with E-state index in [9.17, 15) is 9.59 Å². The molecular weight excluding hydrogens is 348 g/mol. The fourth-order valence-corrected chi connectivity index (χ4v) is 2.30. The van der Waals surface area contributed by atoms with Crippen molar-refractivity contribution in [1.82, 2.24) is 5.32 Å². The van der Waals surface area contributed by atoms with E-state index in [1.54, 1.807) is 65.8 Å². The maximum Gasteiger partial charge on any atom is 0.349 e. The average Bonchev–Trinajstić information content (AvgIpc) is 2.49. The van der Waals surface area contributed by atoms with Crippen molar-refractivity contribution in [2.24, 2.45) is 11.5 Å². The fraction of sp³-hybridized carbons (Fsp3) is 0.526. The molecule has 0 bridgehead atoms. The lowest BCUT2D eigenvalue weighted by atomic mass is 9.88.